The molecule has 1 unspecified atom stereocenters. The van der Waals surface area contributed by atoms with Crippen LogP contribution in [-0.2, 0) is 0 Å². The molecule has 0 saturated carbocycles. The van der Waals surface area contributed by atoms with Crippen LogP contribution in [0.15, 0.2) is 12.7 Å². The molecule has 1 N–H and O–H groups in total. The fraction of sp³-hybridized carbons (Fsp3) is 0.882. The van der Waals surface area contributed by atoms with Gasteiger partial charge in [0.2, 0.25) is 0 Å². The third-order valence-corrected chi connectivity index (χ3v) is 4.28. The van der Waals surface area contributed by atoms with E-state index in [-0.39, 0.29) is 5.54 Å². The molecule has 1 atom stereocenters. The normalized spacial score (nSPS) is 13.8. The van der Waals surface area contributed by atoms with Gasteiger partial charge in [0.05, 0.1) is 0 Å². The average molecular weight is 268 g/mol. The van der Waals surface area contributed by atoms with Gasteiger partial charge in [-0.25, -0.2) is 0 Å². The third kappa shape index (κ3) is 6.58. The van der Waals surface area contributed by atoms with Gasteiger partial charge in [-0.05, 0) is 52.7 Å². The van der Waals surface area contributed by atoms with Crippen LogP contribution in [0.1, 0.15) is 66.7 Å². The first-order valence-electron chi connectivity index (χ1n) is 8.13. The smallest absolute Gasteiger partial charge is 0.0306 e. The van der Waals surface area contributed by atoms with E-state index >= 15 is 0 Å². The van der Waals surface area contributed by atoms with Crippen molar-refractivity contribution in [1.29, 1.82) is 0 Å². The van der Waals surface area contributed by atoms with Crippen LogP contribution < -0.4 is 5.32 Å². The molecule has 2 nitrogen and oxygen atoms in total. The van der Waals surface area contributed by atoms with Crippen LogP contribution in [0.5, 0.6) is 0 Å². The summed E-state index contributed by atoms with van der Waals surface area (Å²) in [6.45, 7) is 18.6. The van der Waals surface area contributed by atoms with E-state index < -0.39 is 0 Å². The Hall–Kier alpha value is -0.340. The van der Waals surface area contributed by atoms with Crippen molar-refractivity contribution in [3.63, 3.8) is 0 Å². The standard InChI is InChI=1S/C17H36N2/c1-7-11-12-13-14-15-16(18-8-2)17(5,6)19(9-3)10-4/h7,16,18H,1,8-15H2,2-6H3. The highest BCUT2D eigenvalue weighted by molar-refractivity contribution is 4.92. The Morgan fingerprint density at radius 2 is 1.74 bits per heavy atom. The molecule has 0 aromatic heterocycles. The lowest BCUT2D eigenvalue weighted by Gasteiger charge is -2.44. The van der Waals surface area contributed by atoms with Crippen LogP contribution in [0.2, 0.25) is 0 Å². The van der Waals surface area contributed by atoms with Crippen molar-refractivity contribution in [3.05, 3.63) is 12.7 Å². The molecule has 0 radical (unpaired) electrons. The van der Waals surface area contributed by atoms with Gasteiger partial charge in [-0.3, -0.25) is 4.90 Å². The summed E-state index contributed by atoms with van der Waals surface area (Å²) in [5.41, 5.74) is 0.234. The van der Waals surface area contributed by atoms with Gasteiger partial charge in [0, 0.05) is 11.6 Å². The molecule has 0 aliphatic rings. The first kappa shape index (κ1) is 18.7. The molecule has 0 fully saturated rings. The predicted octanol–water partition coefficient (Wildman–Crippen LogP) is 4.22. The van der Waals surface area contributed by atoms with Crippen LogP contribution in [0.3, 0.4) is 0 Å². The summed E-state index contributed by atoms with van der Waals surface area (Å²) in [7, 11) is 0. The Kier molecular flexibility index (Phi) is 10.3. The highest BCUT2D eigenvalue weighted by atomic mass is 15.2. The lowest BCUT2D eigenvalue weighted by molar-refractivity contribution is 0.0870. The van der Waals surface area contributed by atoms with E-state index in [1.54, 1.807) is 0 Å². The number of nitrogens with zero attached hydrogens (tertiary/aromatic N) is 1. The molecule has 0 bridgehead atoms. The van der Waals surface area contributed by atoms with Gasteiger partial charge in [-0.1, -0.05) is 39.7 Å². The average Bonchev–Trinajstić information content (AvgIpc) is 2.38. The van der Waals surface area contributed by atoms with Crippen molar-refractivity contribution in [2.45, 2.75) is 78.3 Å². The van der Waals surface area contributed by atoms with Gasteiger partial charge in [0.25, 0.3) is 0 Å². The Labute approximate surface area is 121 Å². The fourth-order valence-corrected chi connectivity index (χ4v) is 3.02. The topological polar surface area (TPSA) is 15.3 Å². The van der Waals surface area contributed by atoms with Gasteiger partial charge in [0.1, 0.15) is 0 Å². The number of allylic oxidation sites excluding steroid dienone is 1. The largest absolute Gasteiger partial charge is 0.312 e. The Morgan fingerprint density at radius 3 is 2.21 bits per heavy atom. The van der Waals surface area contributed by atoms with E-state index in [0.29, 0.717) is 6.04 Å². The van der Waals surface area contributed by atoms with Crippen molar-refractivity contribution in [2.75, 3.05) is 19.6 Å². The number of rotatable bonds is 12. The number of likely N-dealkylation sites (N-methyl/N-ethyl adjacent to an activating group) is 2. The SMILES string of the molecule is C=CCCCCCC(NCC)C(C)(C)N(CC)CC. The maximum atomic E-state index is 3.79. The molecule has 19 heavy (non-hydrogen) atoms. The Bertz CT molecular complexity index is 219. The predicted molar refractivity (Wildman–Crippen MR) is 87.7 cm³/mol. The zero-order chi connectivity index (χ0) is 14.7. The van der Waals surface area contributed by atoms with Crippen molar-refractivity contribution < 1.29 is 0 Å². The van der Waals surface area contributed by atoms with E-state index in [0.717, 1.165) is 26.1 Å². The van der Waals surface area contributed by atoms with Gasteiger partial charge in [-0.2, -0.15) is 0 Å². The summed E-state index contributed by atoms with van der Waals surface area (Å²) in [6, 6.07) is 0.584. The monoisotopic (exact) mass is 268 g/mol. The second kappa shape index (κ2) is 10.4. The molecule has 0 aromatic carbocycles. The van der Waals surface area contributed by atoms with E-state index in [1.165, 1.54) is 25.7 Å². The van der Waals surface area contributed by atoms with Crippen LogP contribution in [-0.4, -0.2) is 36.1 Å². The maximum Gasteiger partial charge on any atom is 0.0306 e. The summed E-state index contributed by atoms with van der Waals surface area (Å²) in [5.74, 6) is 0. The van der Waals surface area contributed by atoms with Gasteiger partial charge in [-0.15, -0.1) is 6.58 Å². The second-order valence-corrected chi connectivity index (χ2v) is 5.86. The highest BCUT2D eigenvalue weighted by Gasteiger charge is 2.32. The third-order valence-electron chi connectivity index (χ3n) is 4.28. The van der Waals surface area contributed by atoms with Gasteiger partial charge < -0.3 is 5.32 Å². The van der Waals surface area contributed by atoms with Crippen LogP contribution in [0.25, 0.3) is 0 Å². The molecule has 0 amide bonds. The minimum Gasteiger partial charge on any atom is -0.312 e. The van der Waals surface area contributed by atoms with Gasteiger partial charge in [0.15, 0.2) is 0 Å². The van der Waals surface area contributed by atoms with Crippen molar-refractivity contribution in [3.8, 4) is 0 Å². The zero-order valence-electron chi connectivity index (χ0n) is 14.0. The van der Waals surface area contributed by atoms with Gasteiger partial charge >= 0.3 is 0 Å². The van der Waals surface area contributed by atoms with Crippen molar-refractivity contribution >= 4 is 0 Å². The molecule has 0 saturated heterocycles. The van der Waals surface area contributed by atoms with E-state index in [4.69, 9.17) is 0 Å². The number of unbranched alkanes of at least 4 members (excludes halogenated alkanes) is 3. The Balaban J connectivity index is 4.38. The molecule has 0 spiro atoms. The molecule has 114 valence electrons. The van der Waals surface area contributed by atoms with Crippen LogP contribution in [0.4, 0.5) is 0 Å². The van der Waals surface area contributed by atoms with E-state index in [1.807, 2.05) is 6.08 Å². The molecule has 0 aliphatic carbocycles. The number of hydrogen-bond donors (Lipinski definition) is 1. The molecular formula is C17H36N2. The first-order chi connectivity index (χ1) is 9.04. The molecule has 0 aromatic rings. The number of hydrogen-bond acceptors (Lipinski definition) is 2. The van der Waals surface area contributed by atoms with E-state index in [2.05, 4.69) is 51.4 Å². The summed E-state index contributed by atoms with van der Waals surface area (Å²) in [5, 5.41) is 3.70. The molecule has 0 aliphatic heterocycles. The zero-order valence-corrected chi connectivity index (χ0v) is 14.0. The lowest BCUT2D eigenvalue weighted by atomic mass is 9.88. The quantitative estimate of drug-likeness (QED) is 0.421. The van der Waals surface area contributed by atoms with E-state index in [9.17, 15) is 0 Å². The summed E-state index contributed by atoms with van der Waals surface area (Å²) < 4.78 is 0. The van der Waals surface area contributed by atoms with Crippen LogP contribution in [0, 0.1) is 0 Å². The first-order valence-corrected chi connectivity index (χ1v) is 8.13. The highest BCUT2D eigenvalue weighted by Crippen LogP contribution is 2.23. The minimum absolute atomic E-state index is 0.234. The maximum absolute atomic E-state index is 3.79. The summed E-state index contributed by atoms with van der Waals surface area (Å²) in [4.78, 5) is 2.57. The molecule has 2 heteroatoms. The minimum atomic E-state index is 0.234. The van der Waals surface area contributed by atoms with Crippen molar-refractivity contribution in [2.24, 2.45) is 0 Å². The summed E-state index contributed by atoms with van der Waals surface area (Å²) >= 11 is 0. The molecule has 0 rings (SSSR count). The number of nitrogens with one attached hydrogen (secondary N) is 1. The second-order valence-electron chi connectivity index (χ2n) is 5.86. The van der Waals surface area contributed by atoms with Crippen molar-refractivity contribution in [1.82, 2.24) is 10.2 Å². The summed E-state index contributed by atoms with van der Waals surface area (Å²) in [6.07, 6.45) is 8.38. The molecule has 0 heterocycles. The Morgan fingerprint density at radius 1 is 1.11 bits per heavy atom. The lowest BCUT2D eigenvalue weighted by Crippen LogP contribution is -2.57. The fourth-order valence-electron chi connectivity index (χ4n) is 3.02. The van der Waals surface area contributed by atoms with Crippen LogP contribution >= 0.6 is 0 Å². The molecular weight excluding hydrogens is 232 g/mol.